The van der Waals surface area contributed by atoms with Crippen molar-refractivity contribution in [3.05, 3.63) is 23.3 Å². The SMILES string of the molecule is CNC(C)(C)CCc1c(C)cc(OC)cc1OC. The first-order valence-corrected chi connectivity index (χ1v) is 6.34. The standard InChI is InChI=1S/C15H25NO2/c1-11-9-12(17-5)10-14(18-6)13(11)7-8-15(2,3)16-4/h9-10,16H,7-8H2,1-6H3. The minimum absolute atomic E-state index is 0.136. The van der Waals surface area contributed by atoms with Crippen molar-refractivity contribution in [2.24, 2.45) is 0 Å². The maximum atomic E-state index is 5.47. The lowest BCUT2D eigenvalue weighted by Gasteiger charge is -2.25. The molecule has 1 N–H and O–H groups in total. The number of hydrogen-bond donors (Lipinski definition) is 1. The van der Waals surface area contributed by atoms with Crippen molar-refractivity contribution in [1.29, 1.82) is 0 Å². The molecule has 1 rings (SSSR count). The van der Waals surface area contributed by atoms with Crippen molar-refractivity contribution in [2.75, 3.05) is 21.3 Å². The molecule has 0 radical (unpaired) electrons. The Morgan fingerprint density at radius 1 is 1.17 bits per heavy atom. The van der Waals surface area contributed by atoms with Gasteiger partial charge in [-0.1, -0.05) is 0 Å². The molecule has 0 fully saturated rings. The molecule has 18 heavy (non-hydrogen) atoms. The van der Waals surface area contributed by atoms with Crippen molar-refractivity contribution in [3.63, 3.8) is 0 Å². The van der Waals surface area contributed by atoms with Gasteiger partial charge in [-0.15, -0.1) is 0 Å². The van der Waals surface area contributed by atoms with Crippen LogP contribution in [0.1, 0.15) is 31.4 Å². The summed E-state index contributed by atoms with van der Waals surface area (Å²) in [6, 6.07) is 4.01. The van der Waals surface area contributed by atoms with Gasteiger partial charge in [0.2, 0.25) is 0 Å². The molecule has 1 aromatic rings. The number of benzene rings is 1. The van der Waals surface area contributed by atoms with Crippen LogP contribution < -0.4 is 14.8 Å². The lowest BCUT2D eigenvalue weighted by Crippen LogP contribution is -2.36. The molecule has 0 aliphatic rings. The zero-order chi connectivity index (χ0) is 13.8. The van der Waals surface area contributed by atoms with Crippen molar-refractivity contribution in [1.82, 2.24) is 5.32 Å². The first-order valence-electron chi connectivity index (χ1n) is 6.34. The van der Waals surface area contributed by atoms with Gasteiger partial charge >= 0.3 is 0 Å². The van der Waals surface area contributed by atoms with Crippen LogP contribution in [0.4, 0.5) is 0 Å². The second kappa shape index (κ2) is 6.10. The molecule has 3 heteroatoms. The van der Waals surface area contributed by atoms with Crippen LogP contribution in [0, 0.1) is 6.92 Å². The molecule has 0 atom stereocenters. The Morgan fingerprint density at radius 3 is 2.33 bits per heavy atom. The largest absolute Gasteiger partial charge is 0.497 e. The molecule has 0 aliphatic heterocycles. The fourth-order valence-electron chi connectivity index (χ4n) is 1.94. The molecule has 1 aromatic carbocycles. The van der Waals surface area contributed by atoms with Gasteiger partial charge in [-0.3, -0.25) is 0 Å². The fourth-order valence-corrected chi connectivity index (χ4v) is 1.94. The number of nitrogens with one attached hydrogen (secondary N) is 1. The van der Waals surface area contributed by atoms with Gasteiger partial charge in [0.05, 0.1) is 14.2 Å². The average Bonchev–Trinajstić information content (AvgIpc) is 2.36. The van der Waals surface area contributed by atoms with E-state index in [0.29, 0.717) is 0 Å². The highest BCUT2D eigenvalue weighted by Crippen LogP contribution is 2.30. The molecular weight excluding hydrogens is 226 g/mol. The summed E-state index contributed by atoms with van der Waals surface area (Å²) in [6.07, 6.45) is 2.06. The average molecular weight is 251 g/mol. The smallest absolute Gasteiger partial charge is 0.126 e. The molecule has 0 bridgehead atoms. The van der Waals surface area contributed by atoms with E-state index in [1.165, 1.54) is 11.1 Å². The molecule has 3 nitrogen and oxygen atoms in total. The quantitative estimate of drug-likeness (QED) is 0.843. The third kappa shape index (κ3) is 3.64. The van der Waals surface area contributed by atoms with E-state index in [1.54, 1.807) is 14.2 Å². The van der Waals surface area contributed by atoms with Crippen LogP contribution in [0.5, 0.6) is 11.5 Å². The first-order chi connectivity index (χ1) is 8.43. The summed E-state index contributed by atoms with van der Waals surface area (Å²) in [5.41, 5.74) is 2.62. The predicted molar refractivity (Wildman–Crippen MR) is 75.7 cm³/mol. The van der Waals surface area contributed by atoms with Crippen LogP contribution in [0.3, 0.4) is 0 Å². The van der Waals surface area contributed by atoms with Crippen molar-refractivity contribution in [2.45, 2.75) is 39.2 Å². The van der Waals surface area contributed by atoms with Crippen molar-refractivity contribution >= 4 is 0 Å². The van der Waals surface area contributed by atoms with E-state index in [0.717, 1.165) is 24.3 Å². The summed E-state index contributed by atoms with van der Waals surface area (Å²) in [5.74, 6) is 1.76. The van der Waals surface area contributed by atoms with E-state index in [9.17, 15) is 0 Å². The Morgan fingerprint density at radius 2 is 1.83 bits per heavy atom. The zero-order valence-electron chi connectivity index (χ0n) is 12.4. The summed E-state index contributed by atoms with van der Waals surface area (Å²) in [5, 5.41) is 3.33. The number of hydrogen-bond acceptors (Lipinski definition) is 3. The van der Waals surface area contributed by atoms with E-state index in [4.69, 9.17) is 9.47 Å². The highest BCUT2D eigenvalue weighted by atomic mass is 16.5. The number of methoxy groups -OCH3 is 2. The molecule has 0 unspecified atom stereocenters. The van der Waals surface area contributed by atoms with Crippen molar-refractivity contribution < 1.29 is 9.47 Å². The lowest BCUT2D eigenvalue weighted by atomic mass is 9.93. The fraction of sp³-hybridized carbons (Fsp3) is 0.600. The van der Waals surface area contributed by atoms with Crippen LogP contribution in [-0.4, -0.2) is 26.8 Å². The predicted octanol–water partition coefficient (Wildman–Crippen LogP) is 2.94. The van der Waals surface area contributed by atoms with Gasteiger partial charge in [-0.25, -0.2) is 0 Å². The monoisotopic (exact) mass is 251 g/mol. The molecule has 0 aliphatic carbocycles. The van der Waals surface area contributed by atoms with E-state index < -0.39 is 0 Å². The van der Waals surface area contributed by atoms with Crippen molar-refractivity contribution in [3.8, 4) is 11.5 Å². The van der Waals surface area contributed by atoms with E-state index >= 15 is 0 Å². The summed E-state index contributed by atoms with van der Waals surface area (Å²) >= 11 is 0. The van der Waals surface area contributed by atoms with Crippen LogP contribution in [0.2, 0.25) is 0 Å². The van der Waals surface area contributed by atoms with Gasteiger partial charge in [0.25, 0.3) is 0 Å². The van der Waals surface area contributed by atoms with Gasteiger partial charge in [0, 0.05) is 11.6 Å². The summed E-state index contributed by atoms with van der Waals surface area (Å²) < 4.78 is 10.7. The van der Waals surface area contributed by atoms with Crippen LogP contribution >= 0.6 is 0 Å². The maximum Gasteiger partial charge on any atom is 0.126 e. The summed E-state index contributed by atoms with van der Waals surface area (Å²) in [6.45, 7) is 6.52. The number of aryl methyl sites for hydroxylation is 1. The van der Waals surface area contributed by atoms with Gasteiger partial charge in [0.1, 0.15) is 11.5 Å². The van der Waals surface area contributed by atoms with Gasteiger partial charge in [-0.2, -0.15) is 0 Å². The van der Waals surface area contributed by atoms with Gasteiger partial charge in [-0.05, 0) is 57.9 Å². The Hall–Kier alpha value is -1.22. The van der Waals surface area contributed by atoms with Gasteiger partial charge in [0.15, 0.2) is 0 Å². The van der Waals surface area contributed by atoms with E-state index in [2.05, 4.69) is 32.2 Å². The Labute approximate surface area is 110 Å². The molecule has 0 heterocycles. The second-order valence-electron chi connectivity index (χ2n) is 5.26. The number of ether oxygens (including phenoxy) is 2. The summed E-state index contributed by atoms with van der Waals surface area (Å²) in [4.78, 5) is 0. The zero-order valence-corrected chi connectivity index (χ0v) is 12.4. The first kappa shape index (κ1) is 14.8. The summed E-state index contributed by atoms with van der Waals surface area (Å²) in [7, 11) is 5.39. The van der Waals surface area contributed by atoms with E-state index in [-0.39, 0.29) is 5.54 Å². The molecule has 0 aromatic heterocycles. The highest BCUT2D eigenvalue weighted by Gasteiger charge is 2.17. The van der Waals surface area contributed by atoms with Crippen LogP contribution in [-0.2, 0) is 6.42 Å². The minimum atomic E-state index is 0.136. The molecule has 0 spiro atoms. The third-order valence-corrected chi connectivity index (χ3v) is 3.54. The number of rotatable bonds is 6. The van der Waals surface area contributed by atoms with Crippen LogP contribution in [0.25, 0.3) is 0 Å². The molecule has 0 saturated carbocycles. The Balaban J connectivity index is 2.94. The Kier molecular flexibility index (Phi) is 5.03. The third-order valence-electron chi connectivity index (χ3n) is 3.54. The van der Waals surface area contributed by atoms with Crippen LogP contribution in [0.15, 0.2) is 12.1 Å². The maximum absolute atomic E-state index is 5.47. The molecular formula is C15H25NO2. The van der Waals surface area contributed by atoms with Gasteiger partial charge < -0.3 is 14.8 Å². The second-order valence-corrected chi connectivity index (χ2v) is 5.26. The minimum Gasteiger partial charge on any atom is -0.497 e. The van der Waals surface area contributed by atoms with E-state index in [1.807, 2.05) is 13.1 Å². The Bertz CT molecular complexity index is 400. The molecule has 0 amide bonds. The normalized spacial score (nSPS) is 11.4. The highest BCUT2D eigenvalue weighted by molar-refractivity contribution is 5.46. The molecule has 0 saturated heterocycles. The molecule has 102 valence electrons. The topological polar surface area (TPSA) is 30.5 Å². The lowest BCUT2D eigenvalue weighted by molar-refractivity contribution is 0.375.